The van der Waals surface area contributed by atoms with Crippen molar-refractivity contribution in [3.63, 3.8) is 0 Å². The van der Waals surface area contributed by atoms with Gasteiger partial charge in [0.2, 0.25) is 5.91 Å². The number of hydrogen-bond donors (Lipinski definition) is 0. The van der Waals surface area contributed by atoms with Crippen LogP contribution in [0.25, 0.3) is 0 Å². The minimum atomic E-state index is 0.0400. The lowest BCUT2D eigenvalue weighted by Crippen LogP contribution is -2.40. The minimum absolute atomic E-state index is 0.0400. The van der Waals surface area contributed by atoms with Crippen molar-refractivity contribution in [1.29, 1.82) is 0 Å². The van der Waals surface area contributed by atoms with Crippen molar-refractivity contribution in [2.75, 3.05) is 13.1 Å². The van der Waals surface area contributed by atoms with E-state index in [1.165, 1.54) is 12.8 Å². The Morgan fingerprint density at radius 3 is 2.67 bits per heavy atom. The zero-order chi connectivity index (χ0) is 8.55. The van der Waals surface area contributed by atoms with E-state index in [2.05, 4.69) is 0 Å². The normalized spacial score (nSPS) is 24.8. The third-order valence-electron chi connectivity index (χ3n) is 2.54. The molecule has 1 heterocycles. The highest BCUT2D eigenvalue weighted by molar-refractivity contribution is 6.00. The number of piperidine rings is 1. The average Bonchev–Trinajstić information content (AvgIpc) is 2.79. The molecule has 0 aromatic rings. The summed E-state index contributed by atoms with van der Waals surface area (Å²) < 4.78 is 0. The molecule has 2 aliphatic rings. The van der Waals surface area contributed by atoms with E-state index >= 15 is 0 Å². The van der Waals surface area contributed by atoms with Gasteiger partial charge in [-0.25, -0.2) is 0 Å². The van der Waals surface area contributed by atoms with Crippen molar-refractivity contribution in [3.8, 4) is 0 Å². The largest absolute Gasteiger partial charge is 0.342 e. The Labute approximate surface area is 71.7 Å². The highest BCUT2D eigenvalue weighted by Crippen LogP contribution is 2.30. The number of ketones is 1. The number of hydrogen-bond acceptors (Lipinski definition) is 2. The third-order valence-corrected chi connectivity index (χ3v) is 2.54. The molecule has 0 radical (unpaired) electrons. The Kier molecular flexibility index (Phi) is 1.87. The van der Waals surface area contributed by atoms with Crippen LogP contribution >= 0.6 is 0 Å². The van der Waals surface area contributed by atoms with Crippen molar-refractivity contribution < 1.29 is 9.59 Å². The fraction of sp³-hybridized carbons (Fsp3) is 0.778. The molecule has 0 bridgehead atoms. The number of likely N-dealkylation sites (tertiary alicyclic amines) is 1. The van der Waals surface area contributed by atoms with Gasteiger partial charge in [-0.1, -0.05) is 0 Å². The van der Waals surface area contributed by atoms with E-state index in [-0.39, 0.29) is 18.1 Å². The molecule has 1 aliphatic heterocycles. The van der Waals surface area contributed by atoms with Crippen LogP contribution in [0.2, 0.25) is 0 Å². The Morgan fingerprint density at radius 2 is 2.08 bits per heavy atom. The zero-order valence-corrected chi connectivity index (χ0v) is 7.08. The maximum atomic E-state index is 11.3. The van der Waals surface area contributed by atoms with E-state index < -0.39 is 0 Å². The first-order valence-corrected chi connectivity index (χ1v) is 4.55. The van der Waals surface area contributed by atoms with E-state index in [1.54, 1.807) is 0 Å². The minimum Gasteiger partial charge on any atom is -0.342 e. The van der Waals surface area contributed by atoms with Crippen molar-refractivity contribution in [1.82, 2.24) is 4.90 Å². The molecule has 0 aromatic heterocycles. The van der Waals surface area contributed by atoms with Crippen molar-refractivity contribution >= 4 is 11.7 Å². The molecular formula is C9H13NO2. The topological polar surface area (TPSA) is 37.4 Å². The van der Waals surface area contributed by atoms with E-state index in [0.717, 1.165) is 12.5 Å². The van der Waals surface area contributed by atoms with Gasteiger partial charge in [-0.2, -0.15) is 0 Å². The van der Waals surface area contributed by atoms with Gasteiger partial charge in [0.25, 0.3) is 0 Å². The van der Waals surface area contributed by atoms with Crippen LogP contribution in [0.4, 0.5) is 0 Å². The second kappa shape index (κ2) is 2.88. The highest BCUT2D eigenvalue weighted by atomic mass is 16.2. The first-order valence-electron chi connectivity index (χ1n) is 4.55. The Morgan fingerprint density at radius 1 is 1.33 bits per heavy atom. The first-order chi connectivity index (χ1) is 5.75. The number of rotatable bonds is 2. The predicted octanol–water partition coefficient (Wildman–Crippen LogP) is 0.588. The van der Waals surface area contributed by atoms with Gasteiger partial charge in [0, 0.05) is 19.5 Å². The number of carbonyl (C=O) groups is 2. The molecule has 1 saturated carbocycles. The van der Waals surface area contributed by atoms with Crippen LogP contribution in [-0.2, 0) is 9.59 Å². The van der Waals surface area contributed by atoms with Crippen molar-refractivity contribution in [3.05, 3.63) is 0 Å². The summed E-state index contributed by atoms with van der Waals surface area (Å²) in [5, 5.41) is 0. The molecule has 0 spiro atoms. The average molecular weight is 167 g/mol. The lowest BCUT2D eigenvalue weighted by atomic mass is 10.1. The molecule has 0 aromatic carbocycles. The maximum absolute atomic E-state index is 11.3. The molecule has 12 heavy (non-hydrogen) atoms. The zero-order valence-electron chi connectivity index (χ0n) is 7.08. The first kappa shape index (κ1) is 7.77. The monoisotopic (exact) mass is 167 g/mol. The van der Waals surface area contributed by atoms with Gasteiger partial charge in [0.1, 0.15) is 5.78 Å². The molecule has 66 valence electrons. The second-order valence-electron chi connectivity index (χ2n) is 3.75. The molecule has 1 amide bonds. The second-order valence-corrected chi connectivity index (χ2v) is 3.75. The summed E-state index contributed by atoms with van der Waals surface area (Å²) in [6, 6.07) is 0. The molecule has 0 N–H and O–H groups in total. The smallest absolute Gasteiger partial charge is 0.230 e. The number of Topliss-reactive ketones (excluding diaryl/α,β-unsaturated/α-hetero) is 1. The summed E-state index contributed by atoms with van der Waals surface area (Å²) in [7, 11) is 0. The van der Waals surface area contributed by atoms with Crippen molar-refractivity contribution in [2.24, 2.45) is 5.92 Å². The summed E-state index contributed by atoms with van der Waals surface area (Å²) >= 11 is 0. The van der Waals surface area contributed by atoms with Gasteiger partial charge in [-0.3, -0.25) is 9.59 Å². The Hall–Kier alpha value is -0.860. The van der Waals surface area contributed by atoms with Crippen LogP contribution < -0.4 is 0 Å². The molecular weight excluding hydrogens is 154 g/mol. The van der Waals surface area contributed by atoms with E-state index in [1.807, 2.05) is 4.90 Å². The van der Waals surface area contributed by atoms with Gasteiger partial charge in [0.05, 0.1) is 6.42 Å². The Balaban J connectivity index is 1.88. The van der Waals surface area contributed by atoms with Gasteiger partial charge < -0.3 is 4.90 Å². The third kappa shape index (κ3) is 1.65. The van der Waals surface area contributed by atoms with Crippen LogP contribution in [0.1, 0.15) is 25.7 Å². The predicted molar refractivity (Wildman–Crippen MR) is 43.5 cm³/mol. The molecule has 2 fully saturated rings. The van der Waals surface area contributed by atoms with Gasteiger partial charge in [-0.05, 0) is 18.8 Å². The number of amides is 1. The standard InChI is InChI=1S/C9H13NO2/c11-8-3-4-10(9(12)5-8)6-7-1-2-7/h7H,1-6H2. The molecule has 3 nitrogen and oxygen atoms in total. The van der Waals surface area contributed by atoms with Gasteiger partial charge in [0.15, 0.2) is 0 Å². The molecule has 1 aliphatic carbocycles. The lowest BCUT2D eigenvalue weighted by molar-refractivity contribution is -0.139. The van der Waals surface area contributed by atoms with Crippen LogP contribution in [0, 0.1) is 5.92 Å². The molecule has 1 saturated heterocycles. The molecule has 0 atom stereocenters. The fourth-order valence-corrected chi connectivity index (χ4v) is 1.56. The number of carbonyl (C=O) groups excluding carboxylic acids is 2. The fourth-order valence-electron chi connectivity index (χ4n) is 1.56. The molecule has 3 heteroatoms. The maximum Gasteiger partial charge on any atom is 0.230 e. The van der Waals surface area contributed by atoms with Crippen LogP contribution in [0.3, 0.4) is 0 Å². The molecule has 0 unspecified atom stereocenters. The van der Waals surface area contributed by atoms with E-state index in [4.69, 9.17) is 0 Å². The molecule has 2 rings (SSSR count). The summed E-state index contributed by atoms with van der Waals surface area (Å²) in [5.41, 5.74) is 0. The lowest BCUT2D eigenvalue weighted by Gasteiger charge is -2.25. The van der Waals surface area contributed by atoms with Gasteiger partial charge in [-0.15, -0.1) is 0 Å². The number of nitrogens with zero attached hydrogens (tertiary/aromatic N) is 1. The van der Waals surface area contributed by atoms with Crippen LogP contribution in [-0.4, -0.2) is 29.7 Å². The van der Waals surface area contributed by atoms with Crippen LogP contribution in [0.15, 0.2) is 0 Å². The van der Waals surface area contributed by atoms with E-state index in [0.29, 0.717) is 13.0 Å². The highest BCUT2D eigenvalue weighted by Gasteiger charge is 2.29. The van der Waals surface area contributed by atoms with E-state index in [9.17, 15) is 9.59 Å². The van der Waals surface area contributed by atoms with Crippen LogP contribution in [0.5, 0.6) is 0 Å². The quantitative estimate of drug-likeness (QED) is 0.564. The van der Waals surface area contributed by atoms with Crippen molar-refractivity contribution in [2.45, 2.75) is 25.7 Å². The summed E-state index contributed by atoms with van der Waals surface area (Å²) in [5.74, 6) is 0.882. The Bertz CT molecular complexity index is 221. The van der Waals surface area contributed by atoms with Gasteiger partial charge >= 0.3 is 0 Å². The summed E-state index contributed by atoms with van der Waals surface area (Å²) in [4.78, 5) is 24.0. The SMILES string of the molecule is O=C1CCN(CC2CC2)C(=O)C1. The summed E-state index contributed by atoms with van der Waals surface area (Å²) in [6.45, 7) is 1.56. The summed E-state index contributed by atoms with van der Waals surface area (Å²) in [6.07, 6.45) is 3.24.